The molecule has 0 aromatic rings. The standard InChI is InChI=1S/C50H93NO5/c1-4-7-10-13-16-19-21-22-23-24-25-26-28-31-34-37-40-43-50(55)56-46(41-38-35-32-29-18-15-12-9-6-3)44-49(54)51-47(45-52)48(53)42-39-36-33-30-27-20-17-14-11-8-5-2/h16,19,22-23,25-26,46-48,52-53H,4-15,17-18,20-21,24,27-45H2,1-3H3,(H,51,54)/b19-16-,23-22-,26-25-. The van der Waals surface area contributed by atoms with E-state index in [2.05, 4.69) is 62.5 Å². The minimum Gasteiger partial charge on any atom is -0.462 e. The molecule has 0 rings (SSSR count). The number of hydrogen-bond acceptors (Lipinski definition) is 5. The predicted octanol–water partition coefficient (Wildman–Crippen LogP) is 14.1. The van der Waals surface area contributed by atoms with Crippen LogP contribution >= 0.6 is 0 Å². The third kappa shape index (κ3) is 38.9. The summed E-state index contributed by atoms with van der Waals surface area (Å²) in [6.45, 7) is 6.43. The van der Waals surface area contributed by atoms with Gasteiger partial charge in [0.1, 0.15) is 6.10 Å². The normalized spacial score (nSPS) is 13.6. The minimum atomic E-state index is -0.787. The number of aliphatic hydroxyl groups excluding tert-OH is 2. The lowest BCUT2D eigenvalue weighted by molar-refractivity contribution is -0.151. The second-order valence-corrected chi connectivity index (χ2v) is 16.5. The third-order valence-corrected chi connectivity index (χ3v) is 11.0. The van der Waals surface area contributed by atoms with Crippen LogP contribution in [0.15, 0.2) is 36.5 Å². The maximum Gasteiger partial charge on any atom is 0.306 e. The van der Waals surface area contributed by atoms with Crippen LogP contribution in [-0.2, 0) is 14.3 Å². The number of allylic oxidation sites excluding steroid dienone is 6. The molecule has 1 amide bonds. The molecule has 56 heavy (non-hydrogen) atoms. The number of aliphatic hydroxyl groups is 2. The number of rotatable bonds is 43. The summed E-state index contributed by atoms with van der Waals surface area (Å²) in [6, 6.07) is -0.701. The summed E-state index contributed by atoms with van der Waals surface area (Å²) in [5.74, 6) is -0.495. The smallest absolute Gasteiger partial charge is 0.306 e. The molecule has 0 aliphatic carbocycles. The second kappa shape index (κ2) is 44.2. The molecular weight excluding hydrogens is 695 g/mol. The lowest BCUT2D eigenvalue weighted by Crippen LogP contribution is -2.46. The zero-order valence-corrected chi connectivity index (χ0v) is 37.3. The average molecular weight is 788 g/mol. The van der Waals surface area contributed by atoms with Gasteiger partial charge in [-0.2, -0.15) is 0 Å². The Bertz CT molecular complexity index is 930. The minimum absolute atomic E-state index is 0.0711. The Hall–Kier alpha value is -1.92. The van der Waals surface area contributed by atoms with Crippen molar-refractivity contribution < 1.29 is 24.5 Å². The van der Waals surface area contributed by atoms with Gasteiger partial charge in [-0.25, -0.2) is 0 Å². The summed E-state index contributed by atoms with van der Waals surface area (Å²) in [5, 5.41) is 23.6. The summed E-state index contributed by atoms with van der Waals surface area (Å²) in [5.41, 5.74) is 0. The van der Waals surface area contributed by atoms with Crippen LogP contribution in [0.4, 0.5) is 0 Å². The zero-order valence-electron chi connectivity index (χ0n) is 37.3. The highest BCUT2D eigenvalue weighted by molar-refractivity contribution is 5.77. The highest BCUT2D eigenvalue weighted by atomic mass is 16.5. The van der Waals surface area contributed by atoms with Gasteiger partial charge in [0.15, 0.2) is 0 Å². The summed E-state index contributed by atoms with van der Waals surface area (Å²) in [4.78, 5) is 26.0. The third-order valence-electron chi connectivity index (χ3n) is 11.0. The number of esters is 1. The van der Waals surface area contributed by atoms with Crippen molar-refractivity contribution in [1.29, 1.82) is 0 Å². The largest absolute Gasteiger partial charge is 0.462 e. The van der Waals surface area contributed by atoms with Gasteiger partial charge in [0.05, 0.1) is 25.2 Å². The zero-order chi connectivity index (χ0) is 41.0. The van der Waals surface area contributed by atoms with Crippen molar-refractivity contribution >= 4 is 11.9 Å². The van der Waals surface area contributed by atoms with Gasteiger partial charge in [-0.15, -0.1) is 0 Å². The number of nitrogens with one attached hydrogen (secondary N) is 1. The molecule has 0 radical (unpaired) electrons. The molecule has 0 aliphatic rings. The topological polar surface area (TPSA) is 95.9 Å². The first-order chi connectivity index (χ1) is 27.5. The molecule has 3 atom stereocenters. The lowest BCUT2D eigenvalue weighted by atomic mass is 10.0. The van der Waals surface area contributed by atoms with Gasteiger partial charge in [-0.3, -0.25) is 9.59 Å². The van der Waals surface area contributed by atoms with Gasteiger partial charge in [-0.1, -0.05) is 205 Å². The van der Waals surface area contributed by atoms with Gasteiger partial charge in [-0.05, 0) is 64.2 Å². The van der Waals surface area contributed by atoms with Gasteiger partial charge in [0.25, 0.3) is 0 Å². The molecule has 3 N–H and O–H groups in total. The van der Waals surface area contributed by atoms with E-state index in [0.717, 1.165) is 77.0 Å². The van der Waals surface area contributed by atoms with E-state index in [1.165, 1.54) is 122 Å². The number of hydrogen-bond donors (Lipinski definition) is 3. The summed E-state index contributed by atoms with van der Waals surface area (Å²) >= 11 is 0. The molecule has 6 nitrogen and oxygen atoms in total. The van der Waals surface area contributed by atoms with Gasteiger partial charge in [0.2, 0.25) is 5.91 Å². The molecular formula is C50H93NO5. The van der Waals surface area contributed by atoms with E-state index in [9.17, 15) is 19.8 Å². The van der Waals surface area contributed by atoms with Gasteiger partial charge >= 0.3 is 5.97 Å². The van der Waals surface area contributed by atoms with Crippen molar-refractivity contribution in [3.05, 3.63) is 36.5 Å². The van der Waals surface area contributed by atoms with Gasteiger partial charge in [0, 0.05) is 6.42 Å². The summed E-state index contributed by atoms with van der Waals surface area (Å²) in [7, 11) is 0. The van der Waals surface area contributed by atoms with Crippen LogP contribution in [0.2, 0.25) is 0 Å². The van der Waals surface area contributed by atoms with Crippen molar-refractivity contribution in [3.63, 3.8) is 0 Å². The van der Waals surface area contributed by atoms with E-state index in [4.69, 9.17) is 4.74 Å². The number of ether oxygens (including phenoxy) is 1. The van der Waals surface area contributed by atoms with Crippen molar-refractivity contribution in [3.8, 4) is 0 Å². The molecule has 0 bridgehead atoms. The highest BCUT2D eigenvalue weighted by Crippen LogP contribution is 2.17. The Morgan fingerprint density at radius 3 is 1.41 bits per heavy atom. The first-order valence-electron chi connectivity index (χ1n) is 24.2. The first kappa shape index (κ1) is 54.1. The van der Waals surface area contributed by atoms with Crippen LogP contribution in [-0.4, -0.2) is 46.9 Å². The van der Waals surface area contributed by atoms with E-state index in [-0.39, 0.29) is 24.9 Å². The fourth-order valence-electron chi connectivity index (χ4n) is 7.26. The van der Waals surface area contributed by atoms with E-state index in [0.29, 0.717) is 19.3 Å². The monoisotopic (exact) mass is 788 g/mol. The fourth-order valence-corrected chi connectivity index (χ4v) is 7.26. The summed E-state index contributed by atoms with van der Waals surface area (Å²) in [6.07, 6.45) is 50.6. The first-order valence-corrected chi connectivity index (χ1v) is 24.2. The van der Waals surface area contributed by atoms with Crippen molar-refractivity contribution in [2.24, 2.45) is 0 Å². The SMILES string of the molecule is CCCCC/C=C\C/C=C\C/C=C\CCCCCCC(=O)OC(CCCCCCCCCCC)CC(=O)NC(CO)C(O)CCCCCCCCCCCCC. The molecule has 0 saturated carbocycles. The predicted molar refractivity (Wildman–Crippen MR) is 241 cm³/mol. The fraction of sp³-hybridized carbons (Fsp3) is 0.840. The van der Waals surface area contributed by atoms with E-state index >= 15 is 0 Å². The molecule has 0 heterocycles. The molecule has 6 heteroatoms. The van der Waals surface area contributed by atoms with Crippen LogP contribution in [0.5, 0.6) is 0 Å². The maximum atomic E-state index is 13.1. The van der Waals surface area contributed by atoms with Crippen molar-refractivity contribution in [2.45, 2.75) is 264 Å². The number of amides is 1. The molecule has 0 aromatic carbocycles. The number of unbranched alkanes of at least 4 members (excludes halogenated alkanes) is 25. The Balaban J connectivity index is 4.52. The molecule has 0 saturated heterocycles. The Morgan fingerprint density at radius 2 is 0.911 bits per heavy atom. The van der Waals surface area contributed by atoms with Gasteiger partial charge < -0.3 is 20.3 Å². The van der Waals surface area contributed by atoms with E-state index in [1.807, 2.05) is 0 Å². The molecule has 0 aliphatic heterocycles. The van der Waals surface area contributed by atoms with Crippen LogP contribution in [0.1, 0.15) is 245 Å². The molecule has 328 valence electrons. The molecule has 3 unspecified atom stereocenters. The Morgan fingerprint density at radius 1 is 0.518 bits per heavy atom. The second-order valence-electron chi connectivity index (χ2n) is 16.5. The highest BCUT2D eigenvalue weighted by Gasteiger charge is 2.24. The number of carbonyl (C=O) groups excluding carboxylic acids is 2. The molecule has 0 aromatic heterocycles. The maximum absolute atomic E-state index is 13.1. The van der Waals surface area contributed by atoms with Crippen molar-refractivity contribution in [2.75, 3.05) is 6.61 Å². The Labute approximate surface area is 347 Å². The van der Waals surface area contributed by atoms with Crippen LogP contribution < -0.4 is 5.32 Å². The van der Waals surface area contributed by atoms with Crippen LogP contribution in [0, 0.1) is 0 Å². The Kier molecular flexibility index (Phi) is 42.7. The molecule has 0 spiro atoms. The van der Waals surface area contributed by atoms with Crippen molar-refractivity contribution in [1.82, 2.24) is 5.32 Å². The molecule has 0 fully saturated rings. The van der Waals surface area contributed by atoms with Crippen LogP contribution in [0.25, 0.3) is 0 Å². The quantitative estimate of drug-likeness (QED) is 0.0325. The lowest BCUT2D eigenvalue weighted by Gasteiger charge is -2.24. The van der Waals surface area contributed by atoms with E-state index in [1.54, 1.807) is 0 Å². The number of carbonyl (C=O) groups is 2. The average Bonchev–Trinajstić information content (AvgIpc) is 3.19. The summed E-state index contributed by atoms with van der Waals surface area (Å²) < 4.78 is 5.90. The van der Waals surface area contributed by atoms with Crippen LogP contribution in [0.3, 0.4) is 0 Å². The van der Waals surface area contributed by atoms with E-state index < -0.39 is 18.2 Å².